The third kappa shape index (κ3) is 2.03. The third-order valence-electron chi connectivity index (χ3n) is 4.90. The van der Waals surface area contributed by atoms with Crippen LogP contribution in [0.15, 0.2) is 27.6 Å². The monoisotopic (exact) mass is 284 g/mol. The smallest absolute Gasteiger partial charge is 0.203 e. The molecule has 3 rings (SSSR count). The lowest BCUT2D eigenvalue weighted by Gasteiger charge is -2.41. The van der Waals surface area contributed by atoms with E-state index in [2.05, 4.69) is 27.7 Å². The van der Waals surface area contributed by atoms with Gasteiger partial charge < -0.3 is 4.42 Å². The molecular formula is C18H20O3. The summed E-state index contributed by atoms with van der Waals surface area (Å²) in [6.45, 7) is 8.87. The number of rotatable bonds is 1. The van der Waals surface area contributed by atoms with Crippen molar-refractivity contribution in [2.75, 3.05) is 0 Å². The van der Waals surface area contributed by atoms with Crippen molar-refractivity contribution in [2.45, 2.75) is 51.4 Å². The van der Waals surface area contributed by atoms with Gasteiger partial charge in [0.25, 0.3) is 0 Å². The van der Waals surface area contributed by atoms with Gasteiger partial charge in [0.2, 0.25) is 5.43 Å². The maximum absolute atomic E-state index is 12.3. The molecule has 0 saturated carbocycles. The number of hydrogen-bond acceptors (Lipinski definition) is 3. The molecule has 21 heavy (non-hydrogen) atoms. The molecule has 3 nitrogen and oxygen atoms in total. The van der Waals surface area contributed by atoms with Gasteiger partial charge in [-0.1, -0.05) is 27.7 Å². The average molecular weight is 284 g/mol. The summed E-state index contributed by atoms with van der Waals surface area (Å²) in [6.07, 6.45) is 4.00. The highest BCUT2D eigenvalue weighted by atomic mass is 16.3. The highest BCUT2D eigenvalue weighted by Gasteiger charge is 2.37. The maximum Gasteiger partial charge on any atom is 0.203 e. The van der Waals surface area contributed by atoms with E-state index in [1.54, 1.807) is 0 Å². The molecule has 0 atom stereocenters. The highest BCUT2D eigenvalue weighted by Crippen LogP contribution is 2.46. The van der Waals surface area contributed by atoms with Crippen LogP contribution in [0, 0.1) is 0 Å². The van der Waals surface area contributed by atoms with Gasteiger partial charge in [-0.05, 0) is 46.9 Å². The molecule has 0 aliphatic heterocycles. The lowest BCUT2D eigenvalue weighted by atomic mass is 9.63. The fourth-order valence-electron chi connectivity index (χ4n) is 3.29. The van der Waals surface area contributed by atoms with Crippen molar-refractivity contribution in [3.63, 3.8) is 0 Å². The SMILES string of the molecule is CC1(C)CCC(C)(C)c2cc3c(=O)c(C=O)coc3cc21. The van der Waals surface area contributed by atoms with E-state index in [4.69, 9.17) is 4.42 Å². The van der Waals surface area contributed by atoms with E-state index in [1.165, 1.54) is 17.4 Å². The zero-order chi connectivity index (χ0) is 15.4. The van der Waals surface area contributed by atoms with Gasteiger partial charge in [0.05, 0.1) is 10.9 Å². The molecule has 3 heteroatoms. The lowest BCUT2D eigenvalue weighted by molar-refractivity contribution is 0.112. The molecular weight excluding hydrogens is 264 g/mol. The van der Waals surface area contributed by atoms with Crippen LogP contribution in [0.25, 0.3) is 11.0 Å². The maximum atomic E-state index is 12.3. The molecule has 1 aromatic carbocycles. The summed E-state index contributed by atoms with van der Waals surface area (Å²) in [6, 6.07) is 3.92. The van der Waals surface area contributed by atoms with Crippen molar-refractivity contribution in [1.82, 2.24) is 0 Å². The van der Waals surface area contributed by atoms with Crippen LogP contribution in [0.3, 0.4) is 0 Å². The summed E-state index contributed by atoms with van der Waals surface area (Å²) in [5.74, 6) is 0. The first-order chi connectivity index (χ1) is 9.76. The number of fused-ring (bicyclic) bond motifs is 2. The summed E-state index contributed by atoms with van der Waals surface area (Å²) in [5, 5.41) is 0.504. The molecule has 0 saturated heterocycles. The van der Waals surface area contributed by atoms with Crippen molar-refractivity contribution in [3.8, 4) is 0 Å². The molecule has 0 N–H and O–H groups in total. The highest BCUT2D eigenvalue weighted by molar-refractivity contribution is 5.85. The first kappa shape index (κ1) is 14.1. The van der Waals surface area contributed by atoms with Crippen molar-refractivity contribution in [3.05, 3.63) is 45.3 Å². The molecule has 0 radical (unpaired) electrons. The van der Waals surface area contributed by atoms with Gasteiger partial charge in [0, 0.05) is 0 Å². The Kier molecular flexibility index (Phi) is 2.88. The van der Waals surface area contributed by atoms with Gasteiger partial charge in [-0.2, -0.15) is 0 Å². The molecule has 0 fully saturated rings. The molecule has 1 aliphatic carbocycles. The normalized spacial score (nSPS) is 19.2. The van der Waals surface area contributed by atoms with Crippen LogP contribution in [-0.2, 0) is 10.8 Å². The predicted octanol–water partition coefficient (Wildman–Crippen LogP) is 3.95. The first-order valence-electron chi connectivity index (χ1n) is 7.32. The second-order valence-corrected chi connectivity index (χ2v) is 7.30. The number of aldehydes is 1. The van der Waals surface area contributed by atoms with Gasteiger partial charge in [-0.25, -0.2) is 0 Å². The van der Waals surface area contributed by atoms with E-state index in [0.29, 0.717) is 17.3 Å². The van der Waals surface area contributed by atoms with Crippen molar-refractivity contribution < 1.29 is 9.21 Å². The summed E-state index contributed by atoms with van der Waals surface area (Å²) >= 11 is 0. The Labute approximate surface area is 124 Å². The van der Waals surface area contributed by atoms with E-state index in [-0.39, 0.29) is 21.8 Å². The quantitative estimate of drug-likeness (QED) is 0.745. The van der Waals surface area contributed by atoms with Crippen LogP contribution in [0.4, 0.5) is 0 Å². The Hall–Kier alpha value is -1.90. The van der Waals surface area contributed by atoms with Gasteiger partial charge >= 0.3 is 0 Å². The Morgan fingerprint density at radius 3 is 2.19 bits per heavy atom. The minimum atomic E-state index is -0.242. The third-order valence-corrected chi connectivity index (χ3v) is 4.90. The van der Waals surface area contributed by atoms with Crippen LogP contribution >= 0.6 is 0 Å². The largest absolute Gasteiger partial charge is 0.463 e. The Bertz CT molecular complexity index is 794. The first-order valence-corrected chi connectivity index (χ1v) is 7.32. The Balaban J connectivity index is 2.42. The van der Waals surface area contributed by atoms with Crippen molar-refractivity contribution in [1.29, 1.82) is 0 Å². The standard InChI is InChI=1S/C18H20O3/c1-17(2)5-6-18(3,4)14-8-15-12(7-13(14)17)16(20)11(9-19)10-21-15/h7-10H,5-6H2,1-4H3. The molecule has 0 unspecified atom stereocenters. The molecule has 1 aromatic heterocycles. The van der Waals surface area contributed by atoms with Crippen molar-refractivity contribution >= 4 is 17.3 Å². The Morgan fingerprint density at radius 1 is 1.05 bits per heavy atom. The number of carbonyl (C=O) groups excluding carboxylic acids is 1. The van der Waals surface area contributed by atoms with Crippen LogP contribution in [0.1, 0.15) is 62.0 Å². The summed E-state index contributed by atoms with van der Waals surface area (Å²) in [5.41, 5.74) is 2.94. The van der Waals surface area contributed by atoms with Gasteiger partial charge in [0.15, 0.2) is 6.29 Å². The summed E-state index contributed by atoms with van der Waals surface area (Å²) in [7, 11) is 0. The van der Waals surface area contributed by atoms with Crippen LogP contribution in [0.2, 0.25) is 0 Å². The second-order valence-electron chi connectivity index (χ2n) is 7.30. The van der Waals surface area contributed by atoms with E-state index in [9.17, 15) is 9.59 Å². The number of carbonyl (C=O) groups is 1. The molecule has 2 aromatic rings. The predicted molar refractivity (Wildman–Crippen MR) is 83.2 cm³/mol. The van der Waals surface area contributed by atoms with E-state index >= 15 is 0 Å². The second kappa shape index (κ2) is 4.30. The molecule has 110 valence electrons. The summed E-state index contributed by atoms with van der Waals surface area (Å²) in [4.78, 5) is 23.3. The molecule has 1 aliphatic rings. The molecule has 0 spiro atoms. The van der Waals surface area contributed by atoms with E-state index < -0.39 is 0 Å². The molecule has 1 heterocycles. The minimum Gasteiger partial charge on any atom is -0.463 e. The van der Waals surface area contributed by atoms with Crippen LogP contribution in [0.5, 0.6) is 0 Å². The number of hydrogen-bond donors (Lipinski definition) is 0. The van der Waals surface area contributed by atoms with Crippen molar-refractivity contribution in [2.24, 2.45) is 0 Å². The van der Waals surface area contributed by atoms with Gasteiger partial charge in [0.1, 0.15) is 11.8 Å². The fraction of sp³-hybridized carbons (Fsp3) is 0.444. The van der Waals surface area contributed by atoms with Gasteiger partial charge in [-0.15, -0.1) is 0 Å². The molecule has 0 bridgehead atoms. The van der Waals surface area contributed by atoms with E-state index in [0.717, 1.165) is 12.8 Å². The fourth-order valence-corrected chi connectivity index (χ4v) is 3.29. The average Bonchev–Trinajstić information content (AvgIpc) is 2.44. The lowest BCUT2D eigenvalue weighted by Crippen LogP contribution is -2.34. The topological polar surface area (TPSA) is 47.3 Å². The van der Waals surface area contributed by atoms with Gasteiger partial charge in [-0.3, -0.25) is 9.59 Å². The Morgan fingerprint density at radius 2 is 1.62 bits per heavy atom. The minimum absolute atomic E-state index is 0.0304. The zero-order valence-electron chi connectivity index (χ0n) is 12.9. The summed E-state index contributed by atoms with van der Waals surface area (Å²) < 4.78 is 5.51. The number of benzene rings is 1. The molecule has 0 amide bonds. The zero-order valence-corrected chi connectivity index (χ0v) is 12.9. The van der Waals surface area contributed by atoms with Crippen LogP contribution in [-0.4, -0.2) is 6.29 Å². The van der Waals surface area contributed by atoms with Crippen LogP contribution < -0.4 is 5.43 Å². The van der Waals surface area contributed by atoms with E-state index in [1.807, 2.05) is 12.1 Å².